The van der Waals surface area contributed by atoms with Crippen LogP contribution in [0.4, 0.5) is 15.0 Å². The highest BCUT2D eigenvalue weighted by atomic mass is 19.1. The number of nitrogens with zero attached hydrogens (tertiary/aromatic N) is 3. The van der Waals surface area contributed by atoms with E-state index in [1.807, 2.05) is 48.5 Å². The van der Waals surface area contributed by atoms with Crippen molar-refractivity contribution in [3.05, 3.63) is 95.4 Å². The van der Waals surface area contributed by atoms with Gasteiger partial charge in [0.05, 0.1) is 18.2 Å². The molecule has 1 N–H and O–H groups in total. The van der Waals surface area contributed by atoms with Crippen molar-refractivity contribution in [3.63, 3.8) is 0 Å². The second-order valence-electron chi connectivity index (χ2n) is 9.33. The molecule has 0 saturated heterocycles. The molecule has 1 aromatic heterocycles. The lowest BCUT2D eigenvalue weighted by molar-refractivity contribution is -0.143. The van der Waals surface area contributed by atoms with Crippen molar-refractivity contribution in [2.75, 3.05) is 12.4 Å². The summed E-state index contributed by atoms with van der Waals surface area (Å²) in [5.41, 5.74) is 3.92. The molecule has 1 fully saturated rings. The van der Waals surface area contributed by atoms with E-state index in [0.29, 0.717) is 17.2 Å². The first-order chi connectivity index (χ1) is 18.3. The number of benzene rings is 3. The van der Waals surface area contributed by atoms with Gasteiger partial charge in [-0.05, 0) is 61.6 Å². The Balaban J connectivity index is 1.30. The highest BCUT2D eigenvalue weighted by Gasteiger charge is 2.52. The average Bonchev–Trinajstić information content (AvgIpc) is 3.67. The molecule has 0 radical (unpaired) electrons. The number of aryl methyl sites for hydroxylation is 1. The summed E-state index contributed by atoms with van der Waals surface area (Å²) in [6, 6.07) is 21.7. The van der Waals surface area contributed by atoms with Crippen molar-refractivity contribution < 1.29 is 23.5 Å². The average molecular weight is 515 g/mol. The molecule has 0 spiro atoms. The van der Waals surface area contributed by atoms with Gasteiger partial charge < -0.3 is 9.47 Å². The van der Waals surface area contributed by atoms with Crippen molar-refractivity contribution >= 4 is 17.9 Å². The molecule has 1 aliphatic rings. The third-order valence-corrected chi connectivity index (χ3v) is 6.89. The van der Waals surface area contributed by atoms with Crippen molar-refractivity contribution in [1.82, 2.24) is 15.0 Å². The van der Waals surface area contributed by atoms with Crippen LogP contribution in [0.25, 0.3) is 16.8 Å². The Morgan fingerprint density at radius 3 is 2.24 bits per heavy atom. The van der Waals surface area contributed by atoms with Gasteiger partial charge in [-0.25, -0.2) is 9.18 Å². The summed E-state index contributed by atoms with van der Waals surface area (Å²) in [4.78, 5) is 24.8. The molecule has 4 aromatic rings. The predicted octanol–water partition coefficient (Wildman–Crippen LogP) is 5.90. The van der Waals surface area contributed by atoms with Crippen LogP contribution in [-0.4, -0.2) is 34.2 Å². The molecule has 5 rings (SSSR count). The summed E-state index contributed by atoms with van der Waals surface area (Å²) < 4.78 is 25.9. The van der Waals surface area contributed by atoms with Crippen molar-refractivity contribution in [3.8, 4) is 16.8 Å². The van der Waals surface area contributed by atoms with E-state index in [1.54, 1.807) is 32.0 Å². The van der Waals surface area contributed by atoms with Crippen LogP contribution in [0.3, 0.4) is 0 Å². The zero-order valence-corrected chi connectivity index (χ0v) is 21.3. The highest BCUT2D eigenvalue weighted by Crippen LogP contribution is 2.49. The van der Waals surface area contributed by atoms with Crippen LogP contribution >= 0.6 is 0 Å². The van der Waals surface area contributed by atoms with E-state index >= 15 is 0 Å². The Labute approximate surface area is 219 Å². The largest absolute Gasteiger partial charge is 0.468 e. The van der Waals surface area contributed by atoms with Crippen molar-refractivity contribution in [1.29, 1.82) is 0 Å². The molecule has 1 saturated carbocycles. The summed E-state index contributed by atoms with van der Waals surface area (Å²) in [6.45, 7) is 3.32. The predicted molar refractivity (Wildman–Crippen MR) is 139 cm³/mol. The number of carbonyl (C=O) groups is 2. The van der Waals surface area contributed by atoms with Gasteiger partial charge in [-0.2, -0.15) is 4.68 Å². The maximum absolute atomic E-state index is 14.0. The van der Waals surface area contributed by atoms with Crippen LogP contribution in [-0.2, 0) is 19.7 Å². The van der Waals surface area contributed by atoms with E-state index in [-0.39, 0.29) is 11.5 Å². The molecule has 194 valence electrons. The number of halogens is 1. The zero-order valence-electron chi connectivity index (χ0n) is 21.3. The Kier molecular flexibility index (Phi) is 6.67. The smallest absolute Gasteiger partial charge is 0.413 e. The summed E-state index contributed by atoms with van der Waals surface area (Å²) in [7, 11) is 1.42. The molecule has 3 aromatic carbocycles. The van der Waals surface area contributed by atoms with Crippen LogP contribution in [0.2, 0.25) is 0 Å². The maximum Gasteiger partial charge on any atom is 0.413 e. The van der Waals surface area contributed by atoms with Crippen LogP contribution in [0.5, 0.6) is 0 Å². The number of anilines is 1. The first kappa shape index (κ1) is 25.1. The number of ether oxygens (including phenoxy) is 2. The van der Waals surface area contributed by atoms with Gasteiger partial charge in [-0.1, -0.05) is 59.8 Å². The molecule has 9 heteroatoms. The number of amides is 1. The van der Waals surface area contributed by atoms with Gasteiger partial charge in [0.2, 0.25) is 0 Å². The number of esters is 1. The van der Waals surface area contributed by atoms with Crippen LogP contribution in [0.15, 0.2) is 72.8 Å². The number of nitrogens with one attached hydrogen (secondary N) is 1. The summed E-state index contributed by atoms with van der Waals surface area (Å²) in [6.07, 6.45) is 0.0759. The van der Waals surface area contributed by atoms with E-state index in [9.17, 15) is 14.0 Å². The van der Waals surface area contributed by atoms with Gasteiger partial charge in [0.25, 0.3) is 0 Å². The number of rotatable bonds is 7. The maximum atomic E-state index is 14.0. The minimum absolute atomic E-state index is 0.187. The van der Waals surface area contributed by atoms with E-state index in [1.165, 1.54) is 17.9 Å². The van der Waals surface area contributed by atoms with Crippen LogP contribution in [0, 0.1) is 12.7 Å². The first-order valence-corrected chi connectivity index (χ1v) is 12.3. The quantitative estimate of drug-likeness (QED) is 0.309. The van der Waals surface area contributed by atoms with E-state index in [0.717, 1.165) is 29.5 Å². The molecule has 38 heavy (non-hydrogen) atoms. The van der Waals surface area contributed by atoms with E-state index in [4.69, 9.17) is 9.47 Å². The second kappa shape index (κ2) is 10.1. The number of hydrogen-bond donors (Lipinski definition) is 1. The molecule has 8 nitrogen and oxygen atoms in total. The van der Waals surface area contributed by atoms with Crippen LogP contribution in [0.1, 0.15) is 42.7 Å². The molecule has 1 amide bonds. The normalized spacial score (nSPS) is 14.4. The monoisotopic (exact) mass is 514 g/mol. The zero-order chi connectivity index (χ0) is 26.9. The third-order valence-electron chi connectivity index (χ3n) is 6.89. The minimum atomic E-state index is -0.783. The SMILES string of the molecule is COC(=O)C1(c2ccc(-c3ccc(-n4nnc(C)c4NC(=O)O[C@H](C)c4ccccc4F)cc3)cc2)CC1. The lowest BCUT2D eigenvalue weighted by atomic mass is 9.94. The number of hydrogen-bond acceptors (Lipinski definition) is 6. The summed E-state index contributed by atoms with van der Waals surface area (Å²) >= 11 is 0. The molecular weight excluding hydrogens is 487 g/mol. The Morgan fingerprint density at radius 2 is 1.63 bits per heavy atom. The molecule has 1 aliphatic carbocycles. The molecule has 0 unspecified atom stereocenters. The summed E-state index contributed by atoms with van der Waals surface area (Å²) in [5, 5.41) is 10.9. The van der Waals surface area contributed by atoms with Gasteiger partial charge in [0, 0.05) is 5.56 Å². The topological polar surface area (TPSA) is 95.3 Å². The molecule has 0 bridgehead atoms. The van der Waals surface area contributed by atoms with Gasteiger partial charge in [-0.15, -0.1) is 5.10 Å². The van der Waals surface area contributed by atoms with E-state index in [2.05, 4.69) is 15.6 Å². The minimum Gasteiger partial charge on any atom is -0.468 e. The first-order valence-electron chi connectivity index (χ1n) is 12.3. The lowest BCUT2D eigenvalue weighted by Crippen LogP contribution is -2.21. The van der Waals surface area contributed by atoms with Gasteiger partial charge in [-0.3, -0.25) is 10.1 Å². The Morgan fingerprint density at radius 1 is 1.00 bits per heavy atom. The second-order valence-corrected chi connectivity index (χ2v) is 9.33. The van der Waals surface area contributed by atoms with Gasteiger partial charge in [0.1, 0.15) is 17.6 Å². The van der Waals surface area contributed by atoms with Crippen LogP contribution < -0.4 is 5.32 Å². The fourth-order valence-electron chi connectivity index (χ4n) is 4.54. The lowest BCUT2D eigenvalue weighted by Gasteiger charge is -2.15. The number of aromatic nitrogens is 3. The molecule has 1 atom stereocenters. The van der Waals surface area contributed by atoms with Crippen molar-refractivity contribution in [2.45, 2.75) is 38.2 Å². The fourth-order valence-corrected chi connectivity index (χ4v) is 4.54. The number of methoxy groups -OCH3 is 1. The molecule has 0 aliphatic heterocycles. The molecule has 1 heterocycles. The van der Waals surface area contributed by atoms with Gasteiger partial charge >= 0.3 is 12.1 Å². The summed E-state index contributed by atoms with van der Waals surface area (Å²) in [5.74, 6) is -0.279. The highest BCUT2D eigenvalue weighted by molar-refractivity contribution is 5.87. The molecular formula is C29H27FN4O4. The Bertz CT molecular complexity index is 1480. The van der Waals surface area contributed by atoms with Crippen molar-refractivity contribution in [2.24, 2.45) is 0 Å². The van der Waals surface area contributed by atoms with E-state index < -0.39 is 23.4 Å². The third kappa shape index (κ3) is 4.74. The number of carbonyl (C=O) groups excluding carboxylic acids is 2. The standard InChI is InChI=1S/C29H27FN4O4/c1-18-26(31-28(36)38-19(2)24-6-4-5-7-25(24)30)34(33-32-18)23-14-10-21(11-15-23)20-8-12-22(13-9-20)29(16-17-29)27(35)37-3/h4-15,19H,16-17H2,1-3H3,(H,31,36)/t19-/m1/s1. The van der Waals surface area contributed by atoms with Gasteiger partial charge in [0.15, 0.2) is 5.82 Å². The fraction of sp³-hybridized carbons (Fsp3) is 0.241. The Hall–Kier alpha value is -4.53.